The monoisotopic (exact) mass is 733 g/mol. The molecule has 57 heavy (non-hydrogen) atoms. The van der Waals surface area contributed by atoms with Crippen LogP contribution in [0.1, 0.15) is 73.6 Å². The van der Waals surface area contributed by atoms with Crippen molar-refractivity contribution < 1.29 is 0 Å². The Bertz CT molecular complexity index is 2720. The van der Waals surface area contributed by atoms with E-state index >= 15 is 0 Å². The fraction of sp³-hybridized carbons (Fsp3) is 0.143. The van der Waals surface area contributed by atoms with Crippen LogP contribution in [0, 0.1) is 0 Å². The quantitative estimate of drug-likeness (QED) is 0.170. The van der Waals surface area contributed by atoms with E-state index in [0.29, 0.717) is 0 Å². The summed E-state index contributed by atoms with van der Waals surface area (Å²) in [5.74, 6) is 0. The Morgan fingerprint density at radius 3 is 1.46 bits per heavy atom. The smallest absolute Gasteiger partial charge is 0.0719 e. The normalized spacial score (nSPS) is 16.0. The van der Waals surface area contributed by atoms with E-state index in [1.165, 1.54) is 72.3 Å². The average Bonchev–Trinajstić information content (AvgIpc) is 3.55. The number of nitrogens with zero attached hydrogens (tertiary/aromatic N) is 1. The maximum absolute atomic E-state index is 2.52. The van der Waals surface area contributed by atoms with Gasteiger partial charge in [0, 0.05) is 22.2 Å². The standard InChI is InChI=1S/C56H47N/c1-54(2,3)48-31-20-32-49-53(48)43-27-12-15-28-44(43)56(49)46-30-17-16-29-45(46)55(4,5)50-37-40(35-36-47(50)56)57(51-33-18-13-25-41(51)38-21-8-6-9-22-38)52-34-19-14-26-42(52)39-23-10-7-11-24-39/h6-37H,1-5H3. The summed E-state index contributed by atoms with van der Waals surface area (Å²) in [7, 11) is 0. The second-order valence-corrected chi connectivity index (χ2v) is 17.3. The molecule has 10 rings (SSSR count). The molecule has 0 bridgehead atoms. The van der Waals surface area contributed by atoms with Gasteiger partial charge < -0.3 is 4.90 Å². The van der Waals surface area contributed by atoms with Crippen molar-refractivity contribution in [2.75, 3.05) is 4.90 Å². The van der Waals surface area contributed by atoms with E-state index in [4.69, 9.17) is 0 Å². The first kappa shape index (κ1) is 35.0. The highest BCUT2D eigenvalue weighted by atomic mass is 15.1. The molecule has 0 fully saturated rings. The largest absolute Gasteiger partial charge is 0.309 e. The van der Waals surface area contributed by atoms with Gasteiger partial charge in [0.1, 0.15) is 0 Å². The van der Waals surface area contributed by atoms with Crippen LogP contribution in [-0.4, -0.2) is 0 Å². The summed E-state index contributed by atoms with van der Waals surface area (Å²) in [4.78, 5) is 2.50. The number of hydrogen-bond acceptors (Lipinski definition) is 1. The molecule has 276 valence electrons. The number of hydrogen-bond donors (Lipinski definition) is 0. The number of rotatable bonds is 5. The lowest BCUT2D eigenvalue weighted by Crippen LogP contribution is -2.40. The van der Waals surface area contributed by atoms with Gasteiger partial charge in [0.2, 0.25) is 0 Å². The van der Waals surface area contributed by atoms with E-state index in [9.17, 15) is 0 Å². The van der Waals surface area contributed by atoms with Crippen LogP contribution in [0.3, 0.4) is 0 Å². The molecule has 8 aromatic carbocycles. The van der Waals surface area contributed by atoms with E-state index in [0.717, 1.165) is 17.1 Å². The predicted octanol–water partition coefficient (Wildman–Crippen LogP) is 14.8. The topological polar surface area (TPSA) is 3.24 Å². The Hall–Kier alpha value is -6.44. The van der Waals surface area contributed by atoms with Crippen molar-refractivity contribution in [3.63, 3.8) is 0 Å². The summed E-state index contributed by atoms with van der Waals surface area (Å²) in [5.41, 5.74) is 19.7. The maximum Gasteiger partial charge on any atom is 0.0719 e. The van der Waals surface area contributed by atoms with E-state index in [1.54, 1.807) is 0 Å². The van der Waals surface area contributed by atoms with Crippen LogP contribution < -0.4 is 4.90 Å². The van der Waals surface area contributed by atoms with Crippen molar-refractivity contribution in [3.05, 3.63) is 233 Å². The zero-order valence-electron chi connectivity index (χ0n) is 33.4. The molecule has 0 aliphatic heterocycles. The third-order valence-electron chi connectivity index (χ3n) is 12.7. The van der Waals surface area contributed by atoms with Gasteiger partial charge in [-0.15, -0.1) is 0 Å². The lowest BCUT2D eigenvalue weighted by Gasteiger charge is -2.47. The molecule has 0 heterocycles. The van der Waals surface area contributed by atoms with Crippen LogP contribution in [0.25, 0.3) is 33.4 Å². The first-order chi connectivity index (χ1) is 27.7. The SMILES string of the molecule is CC(C)(C)c1cccc2c1-c1ccccc1C21c2ccccc2C(C)(C)c2cc(N(c3ccccc3-c3ccccc3)c3ccccc3-c3ccccc3)ccc21. The molecular formula is C56H47N. The first-order valence-corrected chi connectivity index (χ1v) is 20.3. The molecule has 8 aromatic rings. The Balaban J connectivity index is 1.30. The second kappa shape index (κ2) is 13.1. The minimum absolute atomic E-state index is 0.0249. The molecule has 0 saturated heterocycles. The zero-order valence-corrected chi connectivity index (χ0v) is 33.4. The Morgan fingerprint density at radius 1 is 0.386 bits per heavy atom. The Kier molecular flexibility index (Phi) is 8.03. The van der Waals surface area contributed by atoms with Crippen LogP contribution >= 0.6 is 0 Å². The summed E-state index contributed by atoms with van der Waals surface area (Å²) >= 11 is 0. The number of benzene rings is 8. The third-order valence-corrected chi connectivity index (χ3v) is 12.7. The van der Waals surface area contributed by atoms with Crippen molar-refractivity contribution in [1.82, 2.24) is 0 Å². The van der Waals surface area contributed by atoms with Crippen LogP contribution in [0.5, 0.6) is 0 Å². The van der Waals surface area contributed by atoms with Gasteiger partial charge in [-0.3, -0.25) is 0 Å². The van der Waals surface area contributed by atoms with Crippen molar-refractivity contribution in [1.29, 1.82) is 0 Å². The molecule has 2 aliphatic carbocycles. The van der Waals surface area contributed by atoms with Crippen LogP contribution in [-0.2, 0) is 16.2 Å². The summed E-state index contributed by atoms with van der Waals surface area (Å²) in [6.07, 6.45) is 0. The highest BCUT2D eigenvalue weighted by molar-refractivity contribution is 5.95. The Labute approximate surface area is 337 Å². The molecule has 1 heteroatoms. The number of anilines is 3. The van der Waals surface area contributed by atoms with E-state index in [1.807, 2.05) is 0 Å². The summed E-state index contributed by atoms with van der Waals surface area (Å²) in [6, 6.07) is 72.3. The van der Waals surface area contributed by atoms with Gasteiger partial charge >= 0.3 is 0 Å². The fourth-order valence-electron chi connectivity index (χ4n) is 10.2. The highest BCUT2D eigenvalue weighted by Crippen LogP contribution is 2.63. The summed E-state index contributed by atoms with van der Waals surface area (Å²) < 4.78 is 0. The second-order valence-electron chi connectivity index (χ2n) is 17.3. The van der Waals surface area contributed by atoms with Gasteiger partial charge in [-0.1, -0.05) is 204 Å². The maximum atomic E-state index is 2.52. The van der Waals surface area contributed by atoms with Crippen LogP contribution in [0.2, 0.25) is 0 Å². The molecule has 1 nitrogen and oxygen atoms in total. The molecule has 0 radical (unpaired) electrons. The molecule has 2 aliphatic rings. The van der Waals surface area contributed by atoms with Gasteiger partial charge in [-0.05, 0) is 90.9 Å². The van der Waals surface area contributed by atoms with Crippen LogP contribution in [0.4, 0.5) is 17.1 Å². The lowest BCUT2D eigenvalue weighted by molar-refractivity contribution is 0.561. The third kappa shape index (κ3) is 5.22. The summed E-state index contributed by atoms with van der Waals surface area (Å²) in [6.45, 7) is 11.9. The minimum atomic E-state index is -0.470. The van der Waals surface area contributed by atoms with Crippen LogP contribution in [0.15, 0.2) is 194 Å². The number of para-hydroxylation sites is 2. The molecule has 1 spiro atoms. The van der Waals surface area contributed by atoms with Gasteiger partial charge in [0.05, 0.1) is 16.8 Å². The van der Waals surface area contributed by atoms with Gasteiger partial charge in [0.25, 0.3) is 0 Å². The molecular weight excluding hydrogens is 687 g/mol. The molecule has 0 amide bonds. The predicted molar refractivity (Wildman–Crippen MR) is 240 cm³/mol. The lowest BCUT2D eigenvalue weighted by atomic mass is 9.55. The van der Waals surface area contributed by atoms with Crippen molar-refractivity contribution in [2.24, 2.45) is 0 Å². The Morgan fingerprint density at radius 2 is 0.860 bits per heavy atom. The first-order valence-electron chi connectivity index (χ1n) is 20.3. The molecule has 0 aromatic heterocycles. The fourth-order valence-corrected chi connectivity index (χ4v) is 10.2. The average molecular weight is 734 g/mol. The van der Waals surface area contributed by atoms with E-state index in [2.05, 4.69) is 234 Å². The molecule has 0 saturated carbocycles. The van der Waals surface area contributed by atoms with Crippen molar-refractivity contribution in [2.45, 2.75) is 50.9 Å². The number of fused-ring (bicyclic) bond motifs is 9. The van der Waals surface area contributed by atoms with Gasteiger partial charge in [0.15, 0.2) is 0 Å². The van der Waals surface area contributed by atoms with Gasteiger partial charge in [-0.25, -0.2) is 0 Å². The zero-order chi connectivity index (χ0) is 38.9. The molecule has 1 atom stereocenters. The van der Waals surface area contributed by atoms with Crippen molar-refractivity contribution in [3.8, 4) is 33.4 Å². The van der Waals surface area contributed by atoms with Gasteiger partial charge in [-0.2, -0.15) is 0 Å². The van der Waals surface area contributed by atoms with Crippen molar-refractivity contribution >= 4 is 17.1 Å². The summed E-state index contributed by atoms with van der Waals surface area (Å²) in [5, 5.41) is 0. The van der Waals surface area contributed by atoms with E-state index < -0.39 is 5.41 Å². The minimum Gasteiger partial charge on any atom is -0.309 e. The molecule has 0 N–H and O–H groups in total. The van der Waals surface area contributed by atoms with E-state index in [-0.39, 0.29) is 10.8 Å². The highest BCUT2D eigenvalue weighted by Gasteiger charge is 2.54. The molecule has 1 unspecified atom stereocenters.